The first-order valence-electron chi connectivity index (χ1n) is 12.5. The number of anilines is 1. The first-order valence-corrected chi connectivity index (χ1v) is 12.5. The minimum Gasteiger partial charge on any atom is -0.357 e. The first-order chi connectivity index (χ1) is 15.7. The summed E-state index contributed by atoms with van der Waals surface area (Å²) in [6.45, 7) is 8.09. The number of hydrogen-bond acceptors (Lipinski definition) is 6. The lowest BCUT2D eigenvalue weighted by Crippen LogP contribution is -2.55. The number of fused-ring (bicyclic) bond motifs is 1. The van der Waals surface area contributed by atoms with E-state index in [0.29, 0.717) is 18.9 Å². The second-order valence-electron chi connectivity index (χ2n) is 10.0. The highest BCUT2D eigenvalue weighted by Gasteiger charge is 2.30. The van der Waals surface area contributed by atoms with E-state index in [1.54, 1.807) is 0 Å². The lowest BCUT2D eigenvalue weighted by Gasteiger charge is -2.43. The van der Waals surface area contributed by atoms with Gasteiger partial charge in [0.2, 0.25) is 5.91 Å². The van der Waals surface area contributed by atoms with Crippen LogP contribution in [0.4, 0.5) is 5.82 Å². The second kappa shape index (κ2) is 9.76. The summed E-state index contributed by atoms with van der Waals surface area (Å²) >= 11 is 0. The molecule has 0 bridgehead atoms. The largest absolute Gasteiger partial charge is 0.357 e. The van der Waals surface area contributed by atoms with E-state index in [1.807, 2.05) is 0 Å². The summed E-state index contributed by atoms with van der Waals surface area (Å²) in [5.41, 5.74) is 2.46. The van der Waals surface area contributed by atoms with Crippen molar-refractivity contribution < 1.29 is 4.79 Å². The molecule has 1 aliphatic carbocycles. The first kappa shape index (κ1) is 21.7. The van der Waals surface area contributed by atoms with Crippen LogP contribution in [0.1, 0.15) is 49.8 Å². The summed E-state index contributed by atoms with van der Waals surface area (Å²) in [6.07, 6.45) is 7.81. The Kier molecular flexibility index (Phi) is 6.61. The number of pyridine rings is 1. The van der Waals surface area contributed by atoms with Gasteiger partial charge in [-0.1, -0.05) is 12.5 Å². The van der Waals surface area contributed by atoms with Gasteiger partial charge in [-0.3, -0.25) is 14.6 Å². The third-order valence-electron chi connectivity index (χ3n) is 8.05. The summed E-state index contributed by atoms with van der Waals surface area (Å²) in [5.74, 6) is 1.90. The van der Waals surface area contributed by atoms with Gasteiger partial charge in [0, 0.05) is 76.9 Å². The van der Waals surface area contributed by atoms with Crippen molar-refractivity contribution in [1.82, 2.24) is 19.7 Å². The van der Waals surface area contributed by atoms with Gasteiger partial charge in [-0.15, -0.1) is 0 Å². The minimum absolute atomic E-state index is 0.284. The molecule has 1 amide bonds. The third kappa shape index (κ3) is 4.77. The Morgan fingerprint density at radius 2 is 1.81 bits per heavy atom. The van der Waals surface area contributed by atoms with Crippen molar-refractivity contribution in [1.29, 1.82) is 5.26 Å². The number of nitrogens with zero attached hydrogens (tertiary/aromatic N) is 6. The highest BCUT2D eigenvalue weighted by atomic mass is 16.2. The van der Waals surface area contributed by atoms with Gasteiger partial charge in [-0.2, -0.15) is 5.26 Å². The van der Waals surface area contributed by atoms with Crippen molar-refractivity contribution in [3.8, 4) is 6.07 Å². The molecule has 4 heterocycles. The van der Waals surface area contributed by atoms with Crippen LogP contribution in [0.3, 0.4) is 0 Å². The molecule has 1 aromatic rings. The summed E-state index contributed by atoms with van der Waals surface area (Å²) < 4.78 is 0. The Morgan fingerprint density at radius 3 is 2.50 bits per heavy atom. The SMILES string of the molecule is N#CCC1CCN(c2ccc3c(n2)CCN(CC(=O)N2CCN(C4CCC4)CC2)C3)CC1. The van der Waals surface area contributed by atoms with Gasteiger partial charge in [-0.25, -0.2) is 4.98 Å². The summed E-state index contributed by atoms with van der Waals surface area (Å²) in [5, 5.41) is 8.92. The van der Waals surface area contributed by atoms with E-state index in [9.17, 15) is 4.79 Å². The molecule has 2 saturated heterocycles. The van der Waals surface area contributed by atoms with Crippen molar-refractivity contribution in [2.75, 3.05) is 57.3 Å². The quantitative estimate of drug-likeness (QED) is 0.706. The molecule has 0 aromatic carbocycles. The standard InChI is InChI=1S/C25H36N6O/c26-10-6-20-7-12-30(13-8-20)24-5-4-21-18-28(11-9-23(21)27-24)19-25(32)31-16-14-29(15-17-31)22-2-1-3-22/h4-5,20,22H,1-3,6-9,11-19H2. The van der Waals surface area contributed by atoms with Crippen LogP contribution in [-0.4, -0.2) is 84.0 Å². The molecule has 5 rings (SSSR count). The number of carbonyl (C=O) groups excluding carboxylic acids is 1. The van der Waals surface area contributed by atoms with Gasteiger partial charge in [0.05, 0.1) is 12.6 Å². The molecule has 0 spiro atoms. The zero-order valence-corrected chi connectivity index (χ0v) is 19.2. The van der Waals surface area contributed by atoms with Crippen LogP contribution >= 0.6 is 0 Å². The normalized spacial score (nSPS) is 23.5. The molecule has 0 N–H and O–H groups in total. The minimum atomic E-state index is 0.284. The Hall–Kier alpha value is -2.17. The lowest BCUT2D eigenvalue weighted by molar-refractivity contribution is -0.135. The highest BCUT2D eigenvalue weighted by Crippen LogP contribution is 2.27. The topological polar surface area (TPSA) is 66.7 Å². The van der Waals surface area contributed by atoms with Gasteiger partial charge in [-0.05, 0) is 43.2 Å². The zero-order valence-electron chi connectivity index (χ0n) is 19.2. The van der Waals surface area contributed by atoms with E-state index in [4.69, 9.17) is 10.2 Å². The molecule has 7 heteroatoms. The van der Waals surface area contributed by atoms with E-state index < -0.39 is 0 Å². The number of nitriles is 1. The fourth-order valence-corrected chi connectivity index (χ4v) is 5.65. The summed E-state index contributed by atoms with van der Waals surface area (Å²) in [6, 6.07) is 7.46. The predicted octanol–water partition coefficient (Wildman–Crippen LogP) is 2.27. The van der Waals surface area contributed by atoms with E-state index >= 15 is 0 Å². The second-order valence-corrected chi connectivity index (χ2v) is 10.0. The van der Waals surface area contributed by atoms with Crippen LogP contribution in [0.25, 0.3) is 0 Å². The van der Waals surface area contributed by atoms with Crippen molar-refractivity contribution in [3.05, 3.63) is 23.4 Å². The van der Waals surface area contributed by atoms with Gasteiger partial charge in [0.1, 0.15) is 5.82 Å². The number of amides is 1. The van der Waals surface area contributed by atoms with E-state index in [-0.39, 0.29) is 5.91 Å². The molecule has 32 heavy (non-hydrogen) atoms. The molecule has 4 aliphatic rings. The molecule has 0 atom stereocenters. The summed E-state index contributed by atoms with van der Waals surface area (Å²) in [7, 11) is 0. The molecule has 3 fully saturated rings. The smallest absolute Gasteiger partial charge is 0.236 e. The van der Waals surface area contributed by atoms with E-state index in [1.165, 1.54) is 30.5 Å². The lowest BCUT2D eigenvalue weighted by atomic mass is 9.91. The van der Waals surface area contributed by atoms with Crippen LogP contribution < -0.4 is 4.90 Å². The van der Waals surface area contributed by atoms with Gasteiger partial charge in [0.25, 0.3) is 0 Å². The number of aromatic nitrogens is 1. The molecule has 3 aliphatic heterocycles. The van der Waals surface area contributed by atoms with Crippen molar-refractivity contribution in [2.24, 2.45) is 5.92 Å². The molecular weight excluding hydrogens is 400 g/mol. The third-order valence-corrected chi connectivity index (χ3v) is 8.05. The molecule has 1 saturated carbocycles. The fraction of sp³-hybridized carbons (Fsp3) is 0.720. The number of rotatable bonds is 5. The van der Waals surface area contributed by atoms with Crippen LogP contribution in [0.5, 0.6) is 0 Å². The van der Waals surface area contributed by atoms with Crippen LogP contribution in [-0.2, 0) is 17.8 Å². The van der Waals surface area contributed by atoms with Gasteiger partial charge >= 0.3 is 0 Å². The summed E-state index contributed by atoms with van der Waals surface area (Å²) in [4.78, 5) is 27.2. The monoisotopic (exact) mass is 436 g/mol. The van der Waals surface area contributed by atoms with Gasteiger partial charge in [0.15, 0.2) is 0 Å². The Bertz CT molecular complexity index is 846. The van der Waals surface area contributed by atoms with Crippen molar-refractivity contribution >= 4 is 11.7 Å². The molecular formula is C25H36N6O. The number of carbonyl (C=O) groups is 1. The van der Waals surface area contributed by atoms with Crippen LogP contribution in [0.15, 0.2) is 12.1 Å². The number of hydrogen-bond donors (Lipinski definition) is 0. The maximum Gasteiger partial charge on any atom is 0.236 e. The molecule has 0 radical (unpaired) electrons. The Morgan fingerprint density at radius 1 is 1.03 bits per heavy atom. The molecule has 172 valence electrons. The zero-order chi connectivity index (χ0) is 21.9. The van der Waals surface area contributed by atoms with Crippen LogP contribution in [0, 0.1) is 17.2 Å². The molecule has 1 aromatic heterocycles. The average Bonchev–Trinajstić information content (AvgIpc) is 2.79. The van der Waals surface area contributed by atoms with Crippen molar-refractivity contribution in [2.45, 2.75) is 57.5 Å². The maximum atomic E-state index is 12.9. The molecule has 7 nitrogen and oxygen atoms in total. The fourth-order valence-electron chi connectivity index (χ4n) is 5.65. The van der Waals surface area contributed by atoms with Crippen LogP contribution in [0.2, 0.25) is 0 Å². The Labute approximate surface area is 192 Å². The highest BCUT2D eigenvalue weighted by molar-refractivity contribution is 5.78. The van der Waals surface area contributed by atoms with E-state index in [0.717, 1.165) is 83.5 Å². The number of piperazine rings is 1. The number of piperidine rings is 1. The predicted molar refractivity (Wildman–Crippen MR) is 124 cm³/mol. The molecule has 0 unspecified atom stereocenters. The van der Waals surface area contributed by atoms with Crippen molar-refractivity contribution in [3.63, 3.8) is 0 Å². The van der Waals surface area contributed by atoms with Gasteiger partial charge < -0.3 is 9.80 Å². The average molecular weight is 437 g/mol. The van der Waals surface area contributed by atoms with E-state index in [2.05, 4.69) is 37.8 Å². The maximum absolute atomic E-state index is 12.9. The Balaban J connectivity index is 1.11.